The molecule has 1 N–H and O–H groups in total. The highest BCUT2D eigenvalue weighted by atomic mass is 19.4. The minimum absolute atomic E-state index is 0.248. The number of H-pyrrole nitrogens is 1. The summed E-state index contributed by atoms with van der Waals surface area (Å²) in [4.78, 5) is 8.84. The number of aryl methyl sites for hydroxylation is 1. The van der Waals surface area contributed by atoms with Crippen LogP contribution in [-0.2, 0) is 19.1 Å². The summed E-state index contributed by atoms with van der Waals surface area (Å²) in [6.45, 7) is 0.824. The Morgan fingerprint density at radius 2 is 1.91 bits per heavy atom. The van der Waals surface area contributed by atoms with Crippen molar-refractivity contribution in [2.75, 3.05) is 0 Å². The highest BCUT2D eigenvalue weighted by Gasteiger charge is 2.38. The summed E-state index contributed by atoms with van der Waals surface area (Å²) in [6.07, 6.45) is 6.61. The van der Waals surface area contributed by atoms with Gasteiger partial charge in [0.1, 0.15) is 11.4 Å². The third-order valence-corrected chi connectivity index (χ3v) is 6.83. The van der Waals surface area contributed by atoms with Gasteiger partial charge in [0.25, 0.3) is 0 Å². The predicted molar refractivity (Wildman–Crippen MR) is 120 cm³/mol. The Hall–Kier alpha value is -3.49. The summed E-state index contributed by atoms with van der Waals surface area (Å²) in [5.74, 6) is 1.14. The van der Waals surface area contributed by atoms with Crippen LogP contribution in [0.4, 0.5) is 13.2 Å². The van der Waals surface area contributed by atoms with Gasteiger partial charge in [-0.1, -0.05) is 18.2 Å². The lowest BCUT2D eigenvalue weighted by Gasteiger charge is -2.28. The molecule has 174 valence electrons. The van der Waals surface area contributed by atoms with Crippen LogP contribution in [0.3, 0.4) is 0 Å². The van der Waals surface area contributed by atoms with Gasteiger partial charge >= 0.3 is 6.18 Å². The summed E-state index contributed by atoms with van der Waals surface area (Å²) >= 11 is 0. The quantitative estimate of drug-likeness (QED) is 0.408. The number of imidazole rings is 1. The number of nitrogens with one attached hydrogen (secondary N) is 1. The fraction of sp³-hybridized carbons (Fsp3) is 0.360. The van der Waals surface area contributed by atoms with Crippen molar-refractivity contribution in [2.45, 2.75) is 56.7 Å². The second-order valence-electron chi connectivity index (χ2n) is 9.19. The summed E-state index contributed by atoms with van der Waals surface area (Å²) in [7, 11) is 0. The van der Waals surface area contributed by atoms with Crippen molar-refractivity contribution in [3.8, 4) is 22.6 Å². The molecule has 2 aliphatic rings. The molecule has 4 aromatic rings. The van der Waals surface area contributed by atoms with Crippen LogP contribution in [0.25, 0.3) is 22.6 Å². The Morgan fingerprint density at radius 1 is 1.03 bits per heavy atom. The molecule has 0 amide bonds. The highest BCUT2D eigenvalue weighted by molar-refractivity contribution is 5.67. The predicted octanol–water partition coefficient (Wildman–Crippen LogP) is 5.75. The van der Waals surface area contributed by atoms with Crippen molar-refractivity contribution in [3.05, 3.63) is 71.4 Å². The van der Waals surface area contributed by atoms with Gasteiger partial charge in [-0.3, -0.25) is 4.98 Å². The van der Waals surface area contributed by atoms with E-state index in [-0.39, 0.29) is 11.3 Å². The van der Waals surface area contributed by atoms with E-state index in [2.05, 4.69) is 48.1 Å². The van der Waals surface area contributed by atoms with E-state index in [0.29, 0.717) is 23.2 Å². The fourth-order valence-electron chi connectivity index (χ4n) is 5.16. The Bertz CT molecular complexity index is 1330. The monoisotopic (exact) mass is 464 g/mol. The second-order valence-corrected chi connectivity index (χ2v) is 9.19. The van der Waals surface area contributed by atoms with Crippen LogP contribution in [0.1, 0.15) is 59.9 Å². The van der Waals surface area contributed by atoms with Crippen molar-refractivity contribution < 1.29 is 13.2 Å². The van der Waals surface area contributed by atoms with Crippen molar-refractivity contribution in [3.63, 3.8) is 0 Å². The van der Waals surface area contributed by atoms with Crippen LogP contribution in [-0.4, -0.2) is 29.9 Å². The molecule has 34 heavy (non-hydrogen) atoms. The maximum absolute atomic E-state index is 13.3. The molecule has 3 heterocycles. The molecule has 6 rings (SSSR count). The summed E-state index contributed by atoms with van der Waals surface area (Å²) in [5, 5.41) is 9.06. The first kappa shape index (κ1) is 21.1. The molecule has 0 unspecified atom stereocenters. The molecule has 6 nitrogen and oxygen atoms in total. The molecular weight excluding hydrogens is 441 g/mol. The number of fused-ring (bicyclic) bond motifs is 1. The average Bonchev–Trinajstić information content (AvgIpc) is 3.35. The van der Waals surface area contributed by atoms with Gasteiger partial charge in [-0.15, -0.1) is 0 Å². The van der Waals surface area contributed by atoms with Crippen molar-refractivity contribution >= 4 is 0 Å². The van der Waals surface area contributed by atoms with Gasteiger partial charge in [0.2, 0.25) is 0 Å². The lowest BCUT2D eigenvalue weighted by molar-refractivity contribution is -0.140. The normalized spacial score (nSPS) is 18.1. The highest BCUT2D eigenvalue weighted by Crippen LogP contribution is 2.47. The van der Waals surface area contributed by atoms with E-state index >= 15 is 0 Å². The number of aromatic nitrogens is 6. The molecule has 9 heteroatoms. The first-order valence-electron chi connectivity index (χ1n) is 11.6. The zero-order valence-corrected chi connectivity index (χ0v) is 18.4. The molecule has 1 fully saturated rings. The van der Waals surface area contributed by atoms with E-state index in [4.69, 9.17) is 0 Å². The molecule has 0 spiro atoms. The van der Waals surface area contributed by atoms with E-state index in [1.54, 1.807) is 12.4 Å². The number of rotatable bonds is 5. The minimum atomic E-state index is -4.59. The number of hydrogen-bond acceptors (Lipinski definition) is 4. The number of halogens is 3. The Labute approximate surface area is 194 Å². The third-order valence-electron chi connectivity index (χ3n) is 6.83. The summed E-state index contributed by atoms with van der Waals surface area (Å²) in [5.41, 5.74) is 4.63. The number of hydrogen-bond donors (Lipinski definition) is 1. The number of pyridine rings is 1. The zero-order valence-electron chi connectivity index (χ0n) is 18.4. The van der Waals surface area contributed by atoms with Crippen LogP contribution >= 0.6 is 0 Å². The third kappa shape index (κ3) is 3.89. The number of benzene rings is 1. The fourth-order valence-corrected chi connectivity index (χ4v) is 5.16. The Morgan fingerprint density at radius 3 is 2.74 bits per heavy atom. The number of alkyl halides is 3. The first-order valence-corrected chi connectivity index (χ1v) is 11.6. The SMILES string of the molecule is FC(F)(F)c1n[nH]nc1-c1ccnc(-c2cn(C[C@H]3CCCc4cccc(C5CC5)c43)cn2)c1. The lowest BCUT2D eigenvalue weighted by Crippen LogP contribution is -2.17. The largest absolute Gasteiger partial charge is 0.437 e. The molecular formula is C25H23F3N6. The molecule has 0 bridgehead atoms. The summed E-state index contributed by atoms with van der Waals surface area (Å²) < 4.78 is 41.8. The van der Waals surface area contributed by atoms with Crippen LogP contribution < -0.4 is 0 Å². The van der Waals surface area contributed by atoms with Crippen LogP contribution in [0, 0.1) is 0 Å². The first-order chi connectivity index (χ1) is 16.5. The average molecular weight is 464 g/mol. The molecule has 1 aromatic carbocycles. The molecule has 0 radical (unpaired) electrons. The van der Waals surface area contributed by atoms with Crippen LogP contribution in [0.5, 0.6) is 0 Å². The van der Waals surface area contributed by atoms with Gasteiger partial charge in [-0.25, -0.2) is 4.98 Å². The van der Waals surface area contributed by atoms with Gasteiger partial charge < -0.3 is 4.57 Å². The molecule has 3 aromatic heterocycles. The lowest BCUT2D eigenvalue weighted by atomic mass is 9.79. The van der Waals surface area contributed by atoms with Gasteiger partial charge in [0.15, 0.2) is 5.69 Å². The molecule has 2 aliphatic carbocycles. The Balaban J connectivity index is 1.27. The molecule has 0 aliphatic heterocycles. The van der Waals surface area contributed by atoms with E-state index in [9.17, 15) is 13.2 Å². The molecule has 1 atom stereocenters. The maximum Gasteiger partial charge on any atom is 0.437 e. The van der Waals surface area contributed by atoms with Crippen molar-refractivity contribution in [1.82, 2.24) is 29.9 Å². The Kier molecular flexibility index (Phi) is 5.00. The second kappa shape index (κ2) is 8.07. The number of aromatic amines is 1. The standard InChI is InChI=1S/C25H23F3N6/c26-25(27,28)24-23(31-33-32-24)17-9-10-29-20(11-17)21-13-34(14-30-21)12-18-5-1-3-16-4-2-6-19(22(16)18)15-7-8-15/h2,4,6,9-11,13-15,18H,1,3,5,7-8,12H2,(H,31,32,33)/t18-/m1/s1. The van der Waals surface area contributed by atoms with Crippen LogP contribution in [0.15, 0.2) is 49.1 Å². The van der Waals surface area contributed by atoms with E-state index in [1.807, 2.05) is 6.20 Å². The van der Waals surface area contributed by atoms with Crippen LogP contribution in [0.2, 0.25) is 0 Å². The van der Waals surface area contributed by atoms with E-state index < -0.39 is 11.9 Å². The summed E-state index contributed by atoms with van der Waals surface area (Å²) in [6, 6.07) is 9.82. The zero-order chi connectivity index (χ0) is 23.3. The van der Waals surface area contributed by atoms with Crippen molar-refractivity contribution in [1.29, 1.82) is 0 Å². The maximum atomic E-state index is 13.3. The topological polar surface area (TPSA) is 72.3 Å². The van der Waals surface area contributed by atoms with Gasteiger partial charge in [-0.2, -0.15) is 28.6 Å². The van der Waals surface area contributed by atoms with Crippen molar-refractivity contribution in [2.24, 2.45) is 0 Å². The minimum Gasteiger partial charge on any atom is -0.336 e. The smallest absolute Gasteiger partial charge is 0.336 e. The van der Waals surface area contributed by atoms with E-state index in [1.165, 1.54) is 48.2 Å². The van der Waals surface area contributed by atoms with E-state index in [0.717, 1.165) is 19.4 Å². The number of nitrogens with zero attached hydrogens (tertiary/aromatic N) is 5. The van der Waals surface area contributed by atoms with Gasteiger partial charge in [-0.05, 0) is 66.8 Å². The molecule has 0 saturated heterocycles. The van der Waals surface area contributed by atoms with Gasteiger partial charge in [0, 0.05) is 30.4 Å². The van der Waals surface area contributed by atoms with Gasteiger partial charge in [0.05, 0.1) is 12.0 Å². The molecule has 1 saturated carbocycles.